The number of piperidine rings is 1. The largest absolute Gasteiger partial charge is 0.384 e. The predicted octanol–water partition coefficient (Wildman–Crippen LogP) is 3.88. The molecule has 132 valence electrons. The summed E-state index contributed by atoms with van der Waals surface area (Å²) in [6, 6.07) is 19.0. The van der Waals surface area contributed by atoms with E-state index in [9.17, 15) is 9.90 Å². The van der Waals surface area contributed by atoms with Crippen LogP contribution in [0.1, 0.15) is 43.1 Å². The van der Waals surface area contributed by atoms with Crippen molar-refractivity contribution >= 4 is 5.78 Å². The van der Waals surface area contributed by atoms with Gasteiger partial charge in [0.25, 0.3) is 0 Å². The van der Waals surface area contributed by atoms with Crippen molar-refractivity contribution in [2.75, 3.05) is 13.1 Å². The van der Waals surface area contributed by atoms with Gasteiger partial charge in [-0.15, -0.1) is 0 Å². The van der Waals surface area contributed by atoms with Gasteiger partial charge in [-0.25, -0.2) is 0 Å². The van der Waals surface area contributed by atoms with Crippen LogP contribution in [0.15, 0.2) is 60.7 Å². The molecule has 0 aromatic heterocycles. The Kier molecular flexibility index (Phi) is 4.81. The zero-order valence-corrected chi connectivity index (χ0v) is 15.3. The second-order valence-electron chi connectivity index (χ2n) is 7.94. The zero-order chi connectivity index (χ0) is 18.1. The quantitative estimate of drug-likeness (QED) is 0.864. The number of carbonyl (C=O) groups excluding carboxylic acids is 1. The second-order valence-corrected chi connectivity index (χ2v) is 7.94. The van der Waals surface area contributed by atoms with Crippen molar-refractivity contribution in [1.82, 2.24) is 4.90 Å². The van der Waals surface area contributed by atoms with E-state index < -0.39 is 11.5 Å². The maximum atomic E-state index is 13.3. The number of rotatable bonds is 3. The molecule has 2 aromatic carbocycles. The van der Waals surface area contributed by atoms with Gasteiger partial charge in [0.2, 0.25) is 0 Å². The van der Waals surface area contributed by atoms with Crippen LogP contribution in [0.2, 0.25) is 0 Å². The molecule has 2 unspecified atom stereocenters. The first-order chi connectivity index (χ1) is 11.8. The summed E-state index contributed by atoms with van der Waals surface area (Å²) in [7, 11) is 0. The minimum atomic E-state index is -1.13. The number of hydrogen-bond acceptors (Lipinski definition) is 3. The van der Waals surface area contributed by atoms with Crippen LogP contribution in [0.3, 0.4) is 0 Å². The lowest BCUT2D eigenvalue weighted by Crippen LogP contribution is -2.57. The van der Waals surface area contributed by atoms with E-state index in [1.165, 1.54) is 0 Å². The van der Waals surface area contributed by atoms with Crippen molar-refractivity contribution in [2.24, 2.45) is 5.92 Å². The van der Waals surface area contributed by atoms with Crippen molar-refractivity contribution in [1.29, 1.82) is 0 Å². The third-order valence-corrected chi connectivity index (χ3v) is 5.34. The van der Waals surface area contributed by atoms with Gasteiger partial charge in [-0.1, -0.05) is 60.7 Å². The van der Waals surface area contributed by atoms with E-state index in [0.29, 0.717) is 18.5 Å². The Bertz CT molecular complexity index is 721. The van der Waals surface area contributed by atoms with Crippen LogP contribution in [0, 0.1) is 5.92 Å². The van der Waals surface area contributed by atoms with Crippen LogP contribution in [-0.4, -0.2) is 34.4 Å². The molecule has 0 bridgehead atoms. The molecule has 0 spiro atoms. The molecule has 1 fully saturated rings. The lowest BCUT2D eigenvalue weighted by atomic mass is 9.72. The Morgan fingerprint density at radius 2 is 1.60 bits per heavy atom. The third kappa shape index (κ3) is 3.53. The Labute approximate surface area is 150 Å². The molecule has 3 rings (SSSR count). The van der Waals surface area contributed by atoms with Crippen LogP contribution >= 0.6 is 0 Å². The summed E-state index contributed by atoms with van der Waals surface area (Å²) in [6.07, 6.45) is 0.553. The van der Waals surface area contributed by atoms with E-state index in [0.717, 1.165) is 12.1 Å². The monoisotopic (exact) mass is 337 g/mol. The highest BCUT2D eigenvalue weighted by atomic mass is 16.3. The van der Waals surface area contributed by atoms with Crippen LogP contribution < -0.4 is 0 Å². The molecule has 2 aromatic rings. The second kappa shape index (κ2) is 6.74. The third-order valence-electron chi connectivity index (χ3n) is 5.34. The molecular weight excluding hydrogens is 310 g/mol. The summed E-state index contributed by atoms with van der Waals surface area (Å²) in [4.78, 5) is 15.6. The van der Waals surface area contributed by atoms with Gasteiger partial charge in [-0.05, 0) is 32.8 Å². The summed E-state index contributed by atoms with van der Waals surface area (Å²) in [5, 5.41) is 11.6. The number of nitrogens with zero attached hydrogens (tertiary/aromatic N) is 1. The Balaban J connectivity index is 2.01. The van der Waals surface area contributed by atoms with E-state index in [4.69, 9.17) is 0 Å². The average Bonchev–Trinajstić information content (AvgIpc) is 2.62. The molecule has 1 aliphatic rings. The number of Topliss-reactive ketones (excluding diaryl/α,β-unsaturated/α-hetero) is 1. The lowest BCUT2D eigenvalue weighted by Gasteiger charge is -2.48. The smallest absolute Gasteiger partial charge is 0.170 e. The minimum absolute atomic E-state index is 0.0147. The van der Waals surface area contributed by atoms with Crippen molar-refractivity contribution in [2.45, 2.75) is 38.3 Å². The lowest BCUT2D eigenvalue weighted by molar-refractivity contribution is -0.0808. The Hall–Kier alpha value is -1.97. The first-order valence-corrected chi connectivity index (χ1v) is 8.94. The molecule has 0 saturated carbocycles. The van der Waals surface area contributed by atoms with Gasteiger partial charge < -0.3 is 5.11 Å². The summed E-state index contributed by atoms with van der Waals surface area (Å²) in [5.41, 5.74) is 0.332. The average molecular weight is 337 g/mol. The molecule has 3 nitrogen and oxygen atoms in total. The normalized spacial score (nSPS) is 24.9. The number of ketones is 1. The zero-order valence-electron chi connectivity index (χ0n) is 15.3. The highest BCUT2D eigenvalue weighted by Crippen LogP contribution is 2.40. The molecule has 1 N–H and O–H groups in total. The van der Waals surface area contributed by atoms with E-state index in [1.807, 2.05) is 60.7 Å². The van der Waals surface area contributed by atoms with Crippen molar-refractivity contribution in [3.05, 3.63) is 71.8 Å². The molecular formula is C22H27NO2. The van der Waals surface area contributed by atoms with Gasteiger partial charge in [0.05, 0.1) is 5.92 Å². The van der Waals surface area contributed by atoms with Gasteiger partial charge in [0.15, 0.2) is 5.78 Å². The van der Waals surface area contributed by atoms with Gasteiger partial charge in [0, 0.05) is 24.2 Å². The maximum Gasteiger partial charge on any atom is 0.170 e. The highest BCUT2D eigenvalue weighted by molar-refractivity contribution is 5.99. The standard InChI is InChI=1S/C22H27NO2/c1-21(2,3)23-15-14-22(25,18-12-8-5-9-13-18)19(16-23)20(24)17-10-6-4-7-11-17/h4-13,19,25H,14-16H2,1-3H3. The van der Waals surface area contributed by atoms with Crippen molar-refractivity contribution < 1.29 is 9.90 Å². The molecule has 0 radical (unpaired) electrons. The predicted molar refractivity (Wildman–Crippen MR) is 101 cm³/mol. The molecule has 25 heavy (non-hydrogen) atoms. The van der Waals surface area contributed by atoms with Crippen LogP contribution in [0.4, 0.5) is 0 Å². The SMILES string of the molecule is CC(C)(C)N1CCC(O)(c2ccccc2)C(C(=O)c2ccccc2)C1. The summed E-state index contributed by atoms with van der Waals surface area (Å²) >= 11 is 0. The molecule has 2 atom stereocenters. The van der Waals surface area contributed by atoms with E-state index >= 15 is 0 Å². The first kappa shape index (κ1) is 17.8. The van der Waals surface area contributed by atoms with Gasteiger partial charge in [0.1, 0.15) is 5.60 Å². The molecule has 3 heteroatoms. The fourth-order valence-electron chi connectivity index (χ4n) is 3.73. The summed E-state index contributed by atoms with van der Waals surface area (Å²) < 4.78 is 0. The number of hydrogen-bond donors (Lipinski definition) is 1. The van der Waals surface area contributed by atoms with E-state index in [-0.39, 0.29) is 11.3 Å². The summed E-state index contributed by atoms with van der Waals surface area (Å²) in [6.45, 7) is 7.80. The van der Waals surface area contributed by atoms with Crippen molar-refractivity contribution in [3.8, 4) is 0 Å². The van der Waals surface area contributed by atoms with Crippen molar-refractivity contribution in [3.63, 3.8) is 0 Å². The van der Waals surface area contributed by atoms with Gasteiger partial charge in [-0.2, -0.15) is 0 Å². The fraction of sp³-hybridized carbons (Fsp3) is 0.409. The van der Waals surface area contributed by atoms with E-state index in [1.54, 1.807) is 0 Å². The number of benzene rings is 2. The molecule has 0 aliphatic carbocycles. The number of carbonyl (C=O) groups is 1. The maximum absolute atomic E-state index is 13.3. The van der Waals surface area contributed by atoms with Crippen LogP contribution in [-0.2, 0) is 5.60 Å². The first-order valence-electron chi connectivity index (χ1n) is 8.94. The van der Waals surface area contributed by atoms with Gasteiger partial charge >= 0.3 is 0 Å². The molecule has 1 saturated heterocycles. The molecule has 1 aliphatic heterocycles. The van der Waals surface area contributed by atoms with Crippen LogP contribution in [0.25, 0.3) is 0 Å². The molecule has 1 heterocycles. The minimum Gasteiger partial charge on any atom is -0.384 e. The Morgan fingerprint density at radius 3 is 2.16 bits per heavy atom. The summed E-state index contributed by atoms with van der Waals surface area (Å²) in [5.74, 6) is -0.467. The highest BCUT2D eigenvalue weighted by Gasteiger charge is 2.48. The molecule has 0 amide bonds. The number of aliphatic hydroxyl groups is 1. The van der Waals surface area contributed by atoms with E-state index in [2.05, 4.69) is 25.7 Å². The van der Waals surface area contributed by atoms with Crippen LogP contribution in [0.5, 0.6) is 0 Å². The number of likely N-dealkylation sites (tertiary alicyclic amines) is 1. The Morgan fingerprint density at radius 1 is 1.04 bits per heavy atom. The van der Waals surface area contributed by atoms with Gasteiger partial charge in [-0.3, -0.25) is 9.69 Å². The topological polar surface area (TPSA) is 40.5 Å². The fourth-order valence-corrected chi connectivity index (χ4v) is 3.73.